The Hall–Kier alpha value is -2.09. The molecule has 0 N–H and O–H groups in total. The molecule has 0 unspecified atom stereocenters. The van der Waals surface area contributed by atoms with Crippen molar-refractivity contribution >= 4 is 5.97 Å². The summed E-state index contributed by atoms with van der Waals surface area (Å²) < 4.78 is 65.9. The van der Waals surface area contributed by atoms with Crippen molar-refractivity contribution in [2.75, 3.05) is 0 Å². The first kappa shape index (κ1) is 4.42. The average molecular weight is 220 g/mol. The summed E-state index contributed by atoms with van der Waals surface area (Å²) in [6, 6.07) is 1.69. The Balaban J connectivity index is 2.46. The molecule has 80 valence electrons. The number of rotatable bonds is 3. The lowest BCUT2D eigenvalue weighted by molar-refractivity contribution is 0.0472. The fourth-order valence-corrected chi connectivity index (χ4v) is 0.961. The third-order valence-corrected chi connectivity index (χ3v) is 1.67. The second-order valence-electron chi connectivity index (χ2n) is 2.77. The zero-order valence-electron chi connectivity index (χ0n) is 16.1. The molecule has 0 aliphatic rings. The normalized spacial score (nSPS) is 17.8. The quantitative estimate of drug-likeness (QED) is 0.743. The molecule has 0 aliphatic carbocycles. The summed E-state index contributed by atoms with van der Waals surface area (Å²) in [6.45, 7) is -2.70. The lowest BCUT2D eigenvalue weighted by Crippen LogP contribution is -2.04. The van der Waals surface area contributed by atoms with Crippen LogP contribution in [0.4, 0.5) is 0 Å². The number of carbonyl (C=O) groups is 1. The van der Waals surface area contributed by atoms with Crippen LogP contribution in [0.1, 0.15) is 26.9 Å². The van der Waals surface area contributed by atoms with Crippen molar-refractivity contribution in [3.63, 3.8) is 0 Å². The number of esters is 1. The van der Waals surface area contributed by atoms with E-state index in [0.717, 1.165) is 0 Å². The zero-order valence-corrected chi connectivity index (χ0v) is 8.13. The highest BCUT2D eigenvalue weighted by Crippen LogP contribution is 2.05. The van der Waals surface area contributed by atoms with Crippen LogP contribution in [0.25, 0.3) is 0 Å². The van der Waals surface area contributed by atoms with Crippen LogP contribution in [0.2, 0.25) is 0 Å². The van der Waals surface area contributed by atoms with Gasteiger partial charge in [-0.2, -0.15) is 0 Å². The molecule has 0 radical (unpaired) electrons. The predicted molar refractivity (Wildman–Crippen MR) is 62.0 cm³/mol. The van der Waals surface area contributed by atoms with Crippen molar-refractivity contribution in [1.82, 2.24) is 0 Å². The molecule has 16 heavy (non-hydrogen) atoms. The van der Waals surface area contributed by atoms with Gasteiger partial charge in [0.25, 0.3) is 0 Å². The Morgan fingerprint density at radius 3 is 2.75 bits per heavy atom. The van der Waals surface area contributed by atoms with Crippen LogP contribution in [0.15, 0.2) is 60.5 Å². The number of hydrogen-bond acceptors (Lipinski definition) is 2. The van der Waals surface area contributed by atoms with Gasteiger partial charge in [-0.25, -0.2) is 4.79 Å². The molecule has 0 heterocycles. The largest absolute Gasteiger partial charge is 0.457 e. The Morgan fingerprint density at radius 2 is 2.00 bits per heavy atom. The van der Waals surface area contributed by atoms with Crippen molar-refractivity contribution < 1.29 is 20.5 Å². The van der Waals surface area contributed by atoms with Crippen LogP contribution in [-0.4, -0.2) is 5.97 Å². The maximum absolute atomic E-state index is 12.2. The number of ether oxygens (including phenoxy) is 1. The lowest BCUT2D eigenvalue weighted by atomic mass is 10.2. The van der Waals surface area contributed by atoms with Crippen LogP contribution in [-0.2, 0) is 11.3 Å². The van der Waals surface area contributed by atoms with Crippen molar-refractivity contribution in [1.29, 1.82) is 0 Å². The highest BCUT2D eigenvalue weighted by Gasteiger charge is 2.05. The van der Waals surface area contributed by atoms with E-state index in [1.807, 2.05) is 0 Å². The molecule has 2 heteroatoms. The summed E-state index contributed by atoms with van der Waals surface area (Å²) in [4.78, 5) is 12.2. The Labute approximate surface area is 106 Å². The van der Waals surface area contributed by atoms with E-state index in [1.165, 1.54) is 24.3 Å². The third kappa shape index (κ3) is 2.70. The molecule has 0 spiro atoms. The second kappa shape index (κ2) is 5.12. The van der Waals surface area contributed by atoms with Gasteiger partial charge in [0, 0.05) is 0 Å². The summed E-state index contributed by atoms with van der Waals surface area (Å²) in [6.07, 6.45) is 0. The van der Waals surface area contributed by atoms with Crippen molar-refractivity contribution in [2.24, 2.45) is 0 Å². The molecule has 2 aromatic carbocycles. The van der Waals surface area contributed by atoms with E-state index in [2.05, 4.69) is 0 Å². The molecule has 0 saturated heterocycles. The first-order chi connectivity index (χ1) is 11.1. The van der Waals surface area contributed by atoms with Gasteiger partial charge in [0.05, 0.1) is 16.5 Å². The van der Waals surface area contributed by atoms with Gasteiger partial charge in [0.2, 0.25) is 0 Å². The van der Waals surface area contributed by atoms with E-state index in [9.17, 15) is 4.79 Å². The van der Waals surface area contributed by atoms with E-state index in [-0.39, 0.29) is 11.6 Å². The first-order valence-electron chi connectivity index (χ1n) is 8.44. The molecular weight excluding hydrogens is 200 g/mol. The molecular formula is C14H12O2. The molecule has 2 rings (SSSR count). The fourth-order valence-electron chi connectivity index (χ4n) is 0.961. The maximum Gasteiger partial charge on any atom is 0.338 e. The molecule has 0 aliphatic heterocycles. The first-order valence-corrected chi connectivity index (χ1v) is 4.44. The summed E-state index contributed by atoms with van der Waals surface area (Å²) in [5.74, 6) is -1.40. The Bertz CT molecular complexity index is 790. The van der Waals surface area contributed by atoms with Gasteiger partial charge in [-0.1, -0.05) is 48.4 Å². The fraction of sp³-hybridized carbons (Fsp3) is 0.0714. The van der Waals surface area contributed by atoms with Gasteiger partial charge in [0.15, 0.2) is 0 Å². The van der Waals surface area contributed by atoms with E-state index in [0.29, 0.717) is 0 Å². The molecule has 0 aromatic heterocycles. The number of benzene rings is 2. The molecule has 0 bridgehead atoms. The van der Waals surface area contributed by atoms with Gasteiger partial charge >= 0.3 is 5.97 Å². The van der Waals surface area contributed by atoms with Gasteiger partial charge in [0.1, 0.15) is 6.56 Å². The lowest BCUT2D eigenvalue weighted by Gasteiger charge is -2.04. The van der Waals surface area contributed by atoms with Crippen molar-refractivity contribution in [2.45, 2.75) is 6.56 Å². The smallest absolute Gasteiger partial charge is 0.338 e. The molecule has 0 atom stereocenters. The van der Waals surface area contributed by atoms with Gasteiger partial charge in [-0.05, 0) is 17.6 Å². The Morgan fingerprint density at radius 1 is 1.19 bits per heavy atom. The third-order valence-electron chi connectivity index (χ3n) is 1.67. The zero-order chi connectivity index (χ0) is 18.2. The highest BCUT2D eigenvalue weighted by atomic mass is 16.5. The van der Waals surface area contributed by atoms with Gasteiger partial charge in [-0.15, -0.1) is 0 Å². The van der Waals surface area contributed by atoms with E-state index in [1.54, 1.807) is 0 Å². The highest BCUT2D eigenvalue weighted by molar-refractivity contribution is 5.89. The minimum Gasteiger partial charge on any atom is -0.457 e. The maximum atomic E-state index is 12.2. The number of hydrogen-bond donors (Lipinski definition) is 0. The predicted octanol–water partition coefficient (Wildman–Crippen LogP) is 3.04. The van der Waals surface area contributed by atoms with Crippen LogP contribution < -0.4 is 0 Å². The summed E-state index contributed by atoms with van der Waals surface area (Å²) >= 11 is 0. The minimum absolute atomic E-state index is 0.198. The minimum atomic E-state index is -2.70. The number of carbonyl (C=O) groups excluding carboxylic acids is 1. The SMILES string of the molecule is [2H]c1ccccc1C([2H])([2H])OC(=O)c1c([2H])c([2H])c([2H])c([2H])c1[2H]. The molecule has 2 aromatic rings. The second-order valence-corrected chi connectivity index (χ2v) is 2.77. The standard InChI is InChI=1S/C14H12O2/c15-14(13-9-5-2-6-10-13)16-11-12-7-3-1-4-8-12/h1-10H,11H2/i2D,5D,6D,7D,9D,10D,11D2. The van der Waals surface area contributed by atoms with Crippen LogP contribution in [0, 0.1) is 0 Å². The monoisotopic (exact) mass is 220 g/mol. The summed E-state index contributed by atoms with van der Waals surface area (Å²) in [7, 11) is 0. The van der Waals surface area contributed by atoms with E-state index < -0.39 is 48.3 Å². The average Bonchev–Trinajstić information content (AvgIpc) is 2.51. The Kier molecular flexibility index (Phi) is 1.41. The van der Waals surface area contributed by atoms with Crippen LogP contribution >= 0.6 is 0 Å². The van der Waals surface area contributed by atoms with Crippen molar-refractivity contribution in [3.05, 3.63) is 71.6 Å². The molecule has 0 amide bonds. The summed E-state index contributed by atoms with van der Waals surface area (Å²) in [5, 5.41) is 0. The van der Waals surface area contributed by atoms with Crippen LogP contribution in [0.5, 0.6) is 0 Å². The molecule has 0 fully saturated rings. The van der Waals surface area contributed by atoms with E-state index in [4.69, 9.17) is 15.7 Å². The van der Waals surface area contributed by atoms with Crippen LogP contribution in [0.3, 0.4) is 0 Å². The molecule has 0 saturated carbocycles. The van der Waals surface area contributed by atoms with Gasteiger partial charge in [-0.3, -0.25) is 0 Å². The summed E-state index contributed by atoms with van der Waals surface area (Å²) in [5.41, 5.74) is -0.974. The topological polar surface area (TPSA) is 26.3 Å². The van der Waals surface area contributed by atoms with Crippen molar-refractivity contribution in [3.8, 4) is 0 Å². The molecule has 2 nitrogen and oxygen atoms in total. The van der Waals surface area contributed by atoms with Gasteiger partial charge < -0.3 is 4.74 Å². The van der Waals surface area contributed by atoms with E-state index >= 15 is 0 Å².